The number of benzene rings is 2. The van der Waals surface area contributed by atoms with Gasteiger partial charge in [-0.3, -0.25) is 4.99 Å². The van der Waals surface area contributed by atoms with Gasteiger partial charge in [0.15, 0.2) is 5.96 Å². The fraction of sp³-hybridized carbons (Fsp3) is 0.409. The van der Waals surface area contributed by atoms with Gasteiger partial charge in [-0.05, 0) is 36.2 Å². The van der Waals surface area contributed by atoms with Crippen LogP contribution in [0.5, 0.6) is 11.5 Å². The maximum absolute atomic E-state index is 9.73. The van der Waals surface area contributed by atoms with E-state index in [0.717, 1.165) is 59.0 Å². The summed E-state index contributed by atoms with van der Waals surface area (Å²) in [6.07, 6.45) is 0. The number of rotatable bonds is 5. The zero-order valence-corrected chi connectivity index (χ0v) is 20.7. The van der Waals surface area contributed by atoms with Gasteiger partial charge in [0.2, 0.25) is 0 Å². The van der Waals surface area contributed by atoms with Crippen molar-refractivity contribution in [1.29, 1.82) is 0 Å². The van der Waals surface area contributed by atoms with Crippen molar-refractivity contribution >= 4 is 49.2 Å². The molecule has 6 nitrogen and oxygen atoms in total. The highest BCUT2D eigenvalue weighted by Crippen LogP contribution is 2.32. The minimum Gasteiger partial charge on any atom is -0.508 e. The van der Waals surface area contributed by atoms with Crippen molar-refractivity contribution in [2.45, 2.75) is 13.8 Å². The number of guanidine groups is 1. The van der Waals surface area contributed by atoms with Crippen molar-refractivity contribution in [2.75, 3.05) is 50.1 Å². The highest BCUT2D eigenvalue weighted by Gasteiger charge is 2.22. The van der Waals surface area contributed by atoms with Gasteiger partial charge >= 0.3 is 0 Å². The van der Waals surface area contributed by atoms with Gasteiger partial charge in [0, 0.05) is 53.4 Å². The van der Waals surface area contributed by atoms with Gasteiger partial charge in [0.05, 0.1) is 12.8 Å². The molecule has 1 heterocycles. The van der Waals surface area contributed by atoms with Crippen molar-refractivity contribution in [1.82, 2.24) is 4.90 Å². The highest BCUT2D eigenvalue weighted by atomic mass is 79.9. The molecule has 30 heavy (non-hydrogen) atoms. The first-order valence-electron chi connectivity index (χ1n) is 10.00. The Bertz CT molecular complexity index is 876. The Morgan fingerprint density at radius 3 is 2.37 bits per heavy atom. The molecule has 8 heteroatoms. The number of anilines is 2. The van der Waals surface area contributed by atoms with Gasteiger partial charge in [0.25, 0.3) is 0 Å². The second kappa shape index (κ2) is 10.4. The summed E-state index contributed by atoms with van der Waals surface area (Å²) in [6.45, 7) is 8.46. The summed E-state index contributed by atoms with van der Waals surface area (Å²) in [5, 5.41) is 13.2. The van der Waals surface area contributed by atoms with Crippen molar-refractivity contribution in [2.24, 2.45) is 10.9 Å². The Labute approximate surface area is 195 Å². The molecular formula is C22H28Br2N4O2. The summed E-state index contributed by atoms with van der Waals surface area (Å²) in [5.74, 6) is 2.28. The third-order valence-corrected chi connectivity index (χ3v) is 5.72. The molecule has 0 radical (unpaired) electrons. The molecule has 0 amide bonds. The lowest BCUT2D eigenvalue weighted by atomic mass is 10.2. The Morgan fingerprint density at radius 2 is 1.77 bits per heavy atom. The first-order valence-corrected chi connectivity index (χ1v) is 11.6. The molecule has 1 saturated heterocycles. The van der Waals surface area contributed by atoms with Crippen LogP contribution in [0.1, 0.15) is 13.8 Å². The predicted octanol–water partition coefficient (Wildman–Crippen LogP) is 5.17. The van der Waals surface area contributed by atoms with Gasteiger partial charge in [0.1, 0.15) is 11.5 Å². The van der Waals surface area contributed by atoms with E-state index >= 15 is 0 Å². The number of aromatic hydroxyl groups is 1. The van der Waals surface area contributed by atoms with Crippen molar-refractivity contribution < 1.29 is 9.84 Å². The zero-order chi connectivity index (χ0) is 21.7. The standard InChI is InChI=1S/C22H28Br2N4O2/c1-15(2)14-25-22(26-18-11-16(23)10-17(24)12-18)28-8-6-27(7-9-28)20-5-4-19(29)13-21(20)30-3/h4-5,10-13,15,29H,6-9,14H2,1-3H3,(H,25,26). The van der Waals surface area contributed by atoms with E-state index in [9.17, 15) is 5.11 Å². The number of nitrogens with zero attached hydrogens (tertiary/aromatic N) is 3. The first-order chi connectivity index (χ1) is 14.4. The van der Waals surface area contributed by atoms with Crippen LogP contribution in [-0.4, -0.2) is 55.8 Å². The van der Waals surface area contributed by atoms with Crippen LogP contribution in [0.2, 0.25) is 0 Å². The summed E-state index contributed by atoms with van der Waals surface area (Å²) in [5.41, 5.74) is 1.99. The van der Waals surface area contributed by atoms with Gasteiger partial charge in [-0.25, -0.2) is 0 Å². The minimum atomic E-state index is 0.210. The molecule has 162 valence electrons. The molecule has 0 aromatic heterocycles. The Morgan fingerprint density at radius 1 is 1.10 bits per heavy atom. The number of halogens is 2. The normalized spacial score (nSPS) is 14.9. The SMILES string of the molecule is COc1cc(O)ccc1N1CCN(C(=NCC(C)C)Nc2cc(Br)cc(Br)c2)CC1. The predicted molar refractivity (Wildman–Crippen MR) is 131 cm³/mol. The van der Waals surface area contributed by atoms with Crippen LogP contribution in [0.15, 0.2) is 50.3 Å². The van der Waals surface area contributed by atoms with Crippen LogP contribution < -0.4 is 15.0 Å². The number of hydrogen-bond acceptors (Lipinski definition) is 4. The molecule has 2 aromatic rings. The number of phenols is 1. The lowest BCUT2D eigenvalue weighted by Crippen LogP contribution is -2.51. The van der Waals surface area contributed by atoms with Crippen LogP contribution in [-0.2, 0) is 0 Å². The Hall–Kier alpha value is -1.93. The summed E-state index contributed by atoms with van der Waals surface area (Å²) in [4.78, 5) is 9.44. The Kier molecular flexibility index (Phi) is 7.88. The number of nitrogens with one attached hydrogen (secondary N) is 1. The second-order valence-electron chi connectivity index (χ2n) is 7.67. The zero-order valence-electron chi connectivity index (χ0n) is 17.5. The Balaban J connectivity index is 1.74. The lowest BCUT2D eigenvalue weighted by molar-refractivity contribution is 0.374. The smallest absolute Gasteiger partial charge is 0.198 e. The molecule has 3 rings (SSSR count). The van der Waals surface area contributed by atoms with E-state index in [4.69, 9.17) is 9.73 Å². The van der Waals surface area contributed by atoms with Gasteiger partial charge in [-0.2, -0.15) is 0 Å². The van der Waals surface area contributed by atoms with Crippen LogP contribution in [0.3, 0.4) is 0 Å². The van der Waals surface area contributed by atoms with Crippen LogP contribution in [0.4, 0.5) is 11.4 Å². The molecule has 1 aliphatic rings. The van der Waals surface area contributed by atoms with Crippen molar-refractivity contribution in [3.05, 3.63) is 45.3 Å². The molecule has 0 saturated carbocycles. The molecule has 1 fully saturated rings. The van der Waals surface area contributed by atoms with Crippen LogP contribution >= 0.6 is 31.9 Å². The number of phenolic OH excluding ortho intramolecular Hbond substituents is 1. The molecule has 2 aromatic carbocycles. The van der Waals surface area contributed by atoms with E-state index in [1.54, 1.807) is 19.2 Å². The summed E-state index contributed by atoms with van der Waals surface area (Å²) >= 11 is 7.11. The van der Waals surface area contributed by atoms with E-state index in [2.05, 4.69) is 60.8 Å². The molecule has 0 unspecified atom stereocenters. The van der Waals surface area contributed by atoms with E-state index in [0.29, 0.717) is 11.7 Å². The van der Waals surface area contributed by atoms with E-state index in [1.165, 1.54) is 0 Å². The molecule has 0 aliphatic carbocycles. The number of methoxy groups -OCH3 is 1. The van der Waals surface area contributed by atoms with E-state index in [1.807, 2.05) is 24.3 Å². The molecular weight excluding hydrogens is 512 g/mol. The number of ether oxygens (including phenoxy) is 1. The quantitative estimate of drug-likeness (QED) is 0.405. The monoisotopic (exact) mass is 538 g/mol. The minimum absolute atomic E-state index is 0.210. The molecule has 0 atom stereocenters. The number of hydrogen-bond donors (Lipinski definition) is 2. The summed E-state index contributed by atoms with van der Waals surface area (Å²) < 4.78 is 7.47. The van der Waals surface area contributed by atoms with Gasteiger partial charge in [-0.15, -0.1) is 0 Å². The maximum atomic E-state index is 9.73. The fourth-order valence-electron chi connectivity index (χ4n) is 3.33. The number of piperazine rings is 1. The summed E-state index contributed by atoms with van der Waals surface area (Å²) in [6, 6.07) is 11.4. The first kappa shape index (κ1) is 22.7. The summed E-state index contributed by atoms with van der Waals surface area (Å²) in [7, 11) is 1.63. The molecule has 2 N–H and O–H groups in total. The third-order valence-electron chi connectivity index (χ3n) is 4.81. The average molecular weight is 540 g/mol. The molecule has 0 bridgehead atoms. The van der Waals surface area contributed by atoms with Gasteiger partial charge in [-0.1, -0.05) is 45.7 Å². The van der Waals surface area contributed by atoms with Crippen LogP contribution in [0.25, 0.3) is 0 Å². The van der Waals surface area contributed by atoms with Gasteiger partial charge < -0.3 is 25.0 Å². The maximum Gasteiger partial charge on any atom is 0.198 e. The molecule has 1 aliphatic heterocycles. The van der Waals surface area contributed by atoms with E-state index < -0.39 is 0 Å². The number of aliphatic imine (C=N–C) groups is 1. The van der Waals surface area contributed by atoms with Crippen molar-refractivity contribution in [3.8, 4) is 11.5 Å². The average Bonchev–Trinajstić information content (AvgIpc) is 2.70. The third kappa shape index (κ3) is 6.04. The highest BCUT2D eigenvalue weighted by molar-refractivity contribution is 9.11. The largest absolute Gasteiger partial charge is 0.508 e. The second-order valence-corrected chi connectivity index (χ2v) is 9.50. The lowest BCUT2D eigenvalue weighted by Gasteiger charge is -2.38. The van der Waals surface area contributed by atoms with Crippen molar-refractivity contribution in [3.63, 3.8) is 0 Å². The topological polar surface area (TPSA) is 60.3 Å². The molecule has 0 spiro atoms. The van der Waals surface area contributed by atoms with E-state index in [-0.39, 0.29) is 5.75 Å². The fourth-order valence-corrected chi connectivity index (χ4v) is 4.62. The van der Waals surface area contributed by atoms with Crippen LogP contribution in [0, 0.1) is 5.92 Å².